The predicted octanol–water partition coefficient (Wildman–Crippen LogP) is 38.7. The van der Waals surface area contributed by atoms with Gasteiger partial charge < -0.3 is 27.0 Å². The molecule has 21 aromatic carbocycles. The topological polar surface area (TPSA) is 54.2 Å². The molecule has 660 valence electrons. The highest BCUT2D eigenvalue weighted by Gasteiger charge is 2.27. The van der Waals surface area contributed by atoms with E-state index in [9.17, 15) is 0 Å². The Morgan fingerprint density at radius 2 is 0.397 bits per heavy atom. The van der Waals surface area contributed by atoms with Crippen molar-refractivity contribution in [2.45, 2.75) is 0 Å². The lowest BCUT2D eigenvalue weighted by molar-refractivity contribution is 0.669. The summed E-state index contributed by atoms with van der Waals surface area (Å²) in [6.07, 6.45) is 0. The second-order valence-corrected chi connectivity index (χ2v) is 39.3. The van der Waals surface area contributed by atoms with Crippen LogP contribution in [-0.4, -0.2) is 13.7 Å². The maximum atomic E-state index is 6.70. The van der Waals surface area contributed by atoms with Crippen molar-refractivity contribution in [3.63, 3.8) is 0 Å². The van der Waals surface area contributed by atoms with Gasteiger partial charge in [0.2, 0.25) is 0 Å². The summed E-state index contributed by atoms with van der Waals surface area (Å²) in [6.45, 7) is 0. The van der Waals surface area contributed by atoms with E-state index in [1.165, 1.54) is 166 Å². The van der Waals surface area contributed by atoms with E-state index in [0.717, 1.165) is 110 Å². The molecular weight excluding hydrogens is 1770 g/mol. The Kier molecular flexibility index (Phi) is 19.5. The maximum Gasteiger partial charge on any atom is 0.143 e. The van der Waals surface area contributed by atoms with Crippen LogP contribution in [-0.2, 0) is 0 Å². The van der Waals surface area contributed by atoms with Gasteiger partial charge in [0.1, 0.15) is 33.5 Å². The first kappa shape index (κ1) is 81.6. The van der Waals surface area contributed by atoms with Crippen LogP contribution in [0.5, 0.6) is 0 Å². The van der Waals surface area contributed by atoms with E-state index in [4.69, 9.17) is 13.3 Å². The summed E-state index contributed by atoms with van der Waals surface area (Å²) in [4.78, 5) is 0. The van der Waals surface area contributed by atoms with Gasteiger partial charge in [-0.25, -0.2) is 0 Å². The quantitative estimate of drug-likeness (QED) is 0.122. The smallest absolute Gasteiger partial charge is 0.143 e. The fraction of sp³-hybridized carbons (Fsp3) is 0. The molecule has 0 spiro atoms. The largest absolute Gasteiger partial charge is 0.456 e. The minimum absolute atomic E-state index is 0.910. The van der Waals surface area contributed by atoms with Crippen molar-refractivity contribution in [1.29, 1.82) is 0 Å². The van der Waals surface area contributed by atoms with Crippen molar-refractivity contribution in [3.8, 4) is 117 Å². The van der Waals surface area contributed by atoms with Gasteiger partial charge >= 0.3 is 0 Å². The Bertz CT molecular complexity index is 10100. The van der Waals surface area contributed by atoms with Gasteiger partial charge in [0.15, 0.2) is 0 Å². The highest BCUT2D eigenvalue weighted by atomic mass is 32.1. The molecule has 0 atom stereocenters. The number of thiophene rings is 3. The van der Waals surface area contributed by atoms with E-state index in [1.807, 2.05) is 46.1 Å². The maximum absolute atomic E-state index is 6.70. The van der Waals surface area contributed by atoms with Crippen LogP contribution in [0.3, 0.4) is 0 Å². The molecule has 0 bridgehead atoms. The monoisotopic (exact) mass is 1850 g/mol. The number of hydrogen-bond donors (Lipinski definition) is 0. The molecule has 30 rings (SSSR count). The van der Waals surface area contributed by atoms with E-state index < -0.39 is 0 Å². The van der Waals surface area contributed by atoms with Gasteiger partial charge in [-0.1, -0.05) is 400 Å². The van der Waals surface area contributed by atoms with Gasteiger partial charge in [-0.3, -0.25) is 0 Å². The van der Waals surface area contributed by atoms with Gasteiger partial charge in [0, 0.05) is 112 Å². The van der Waals surface area contributed by atoms with E-state index >= 15 is 0 Å². The van der Waals surface area contributed by atoms with Crippen LogP contribution in [0.2, 0.25) is 0 Å². The molecule has 9 aromatic heterocycles. The minimum Gasteiger partial charge on any atom is -0.456 e. The molecule has 0 fully saturated rings. The average molecular weight is 1850 g/mol. The molecule has 0 unspecified atom stereocenters. The van der Waals surface area contributed by atoms with Crippen molar-refractivity contribution in [2.75, 3.05) is 0 Å². The molecule has 0 aliphatic rings. The number of fused-ring (bicyclic) bond motifs is 24. The standard InChI is InChI=1S/3C44H27NOS/c1-3-12-28(13-4-1)32-17-9-20-35-36-21-10-18-33(42(36)46-41(32)35)29-24-26-30(27-25-29)34-19-11-22-38-40-44(47-43(34)38)37-16-7-8-23-39(37)45(40)31-14-5-2-6-15-31;1-3-11-28(12-4-1)31-25-26-40-38(27-31)35-18-9-16-33(42(35)46-40)29-21-23-30(24-22-29)34-17-10-19-37-41-44(47-43(34)37)36-15-7-8-20-39(36)45(41)32-13-5-2-6-14-32;1-3-10-28(11-4-1)31-22-24-35-36-25-23-32(27-41(36)46-40(35)26-31)29-18-20-30(21-19-29)34-15-9-16-38-42-44(47-43(34)38)37-14-7-8-17-39(37)45(42)33-12-5-2-6-13-33/h3*1-27H. The van der Waals surface area contributed by atoms with Gasteiger partial charge in [0.05, 0.1) is 47.2 Å². The van der Waals surface area contributed by atoms with Gasteiger partial charge in [0.25, 0.3) is 0 Å². The molecule has 0 radical (unpaired) electrons. The molecule has 30 aromatic rings. The third kappa shape index (κ3) is 13.6. The summed E-state index contributed by atoms with van der Waals surface area (Å²) in [6, 6.07) is 176. The first-order chi connectivity index (χ1) is 69.9. The molecule has 0 saturated heterocycles. The van der Waals surface area contributed by atoms with Crippen LogP contribution >= 0.6 is 34.0 Å². The third-order valence-corrected chi connectivity index (χ3v) is 32.1. The molecule has 0 aliphatic carbocycles. The van der Waals surface area contributed by atoms with Crippen LogP contribution in [0, 0.1) is 0 Å². The predicted molar refractivity (Wildman–Crippen MR) is 599 cm³/mol. The van der Waals surface area contributed by atoms with Crippen LogP contribution in [0.15, 0.2) is 505 Å². The van der Waals surface area contributed by atoms with Crippen LogP contribution in [0.4, 0.5) is 0 Å². The number of nitrogens with zero attached hydrogens (tertiary/aromatic N) is 3. The first-order valence-corrected chi connectivity index (χ1v) is 50.2. The van der Waals surface area contributed by atoms with Gasteiger partial charge in [-0.05, 0) is 174 Å². The summed E-state index contributed by atoms with van der Waals surface area (Å²) in [5, 5.41) is 14.6. The molecule has 141 heavy (non-hydrogen) atoms. The summed E-state index contributed by atoms with van der Waals surface area (Å²) in [7, 11) is 0. The minimum atomic E-state index is 0.910. The number of benzene rings is 21. The Morgan fingerprint density at radius 1 is 0.142 bits per heavy atom. The third-order valence-electron chi connectivity index (χ3n) is 28.3. The number of aromatic nitrogens is 3. The number of rotatable bonds is 12. The van der Waals surface area contributed by atoms with E-state index in [2.05, 4.69) is 493 Å². The molecule has 9 heteroatoms. The SMILES string of the molecule is c1ccc(-c2ccc3c(c2)oc2cc(-c4ccc(-c5cccc6c5sc5c7ccccc7n(-c7ccccc7)c65)cc4)ccc23)cc1.c1ccc(-c2ccc3oc4c(-c5ccc(-c6cccc7c6sc6c8ccccc8n(-c8ccccc8)c76)cc5)cccc4c3c2)cc1.c1ccc(-c2cccc3c2oc2c(-c4ccc(-c5cccc6c5sc5c7ccccc7n(-c7ccccc7)c65)cc4)cccc23)cc1. The van der Waals surface area contributed by atoms with E-state index in [0.29, 0.717) is 0 Å². The molecule has 0 saturated carbocycles. The Morgan fingerprint density at radius 3 is 0.766 bits per heavy atom. The molecular formula is C132H81N3O3S3. The van der Waals surface area contributed by atoms with E-state index in [1.54, 1.807) is 0 Å². The van der Waals surface area contributed by atoms with Crippen LogP contribution in [0.1, 0.15) is 0 Å². The number of hydrogen-bond acceptors (Lipinski definition) is 6. The summed E-state index contributed by atoms with van der Waals surface area (Å²) >= 11 is 5.69. The Labute approximate surface area is 822 Å². The van der Waals surface area contributed by atoms with Crippen molar-refractivity contribution < 1.29 is 13.3 Å². The highest BCUT2D eigenvalue weighted by Crippen LogP contribution is 2.52. The van der Waals surface area contributed by atoms with Gasteiger partial charge in [-0.15, -0.1) is 34.0 Å². The molecule has 9 heterocycles. The second-order valence-electron chi connectivity index (χ2n) is 36.3. The van der Waals surface area contributed by atoms with Crippen molar-refractivity contribution in [3.05, 3.63) is 491 Å². The normalized spacial score (nSPS) is 11.8. The lowest BCUT2D eigenvalue weighted by Crippen LogP contribution is -1.92. The van der Waals surface area contributed by atoms with Crippen molar-refractivity contribution in [1.82, 2.24) is 13.7 Å². The average Bonchev–Trinajstić information content (AvgIpc) is 1.56. The number of para-hydroxylation sites is 9. The molecule has 0 N–H and O–H groups in total. The van der Waals surface area contributed by atoms with Crippen LogP contribution < -0.4 is 0 Å². The molecule has 6 nitrogen and oxygen atoms in total. The van der Waals surface area contributed by atoms with Crippen LogP contribution in [0.25, 0.3) is 277 Å². The molecule has 0 amide bonds. The lowest BCUT2D eigenvalue weighted by atomic mass is 9.97. The summed E-state index contributed by atoms with van der Waals surface area (Å²) in [5.41, 5.74) is 37.9. The molecule has 0 aliphatic heterocycles. The Hall–Kier alpha value is -17.7. The zero-order chi connectivity index (χ0) is 92.7. The summed E-state index contributed by atoms with van der Waals surface area (Å²) < 4.78 is 34.8. The second kappa shape index (κ2) is 33.6. The van der Waals surface area contributed by atoms with E-state index in [-0.39, 0.29) is 0 Å². The highest BCUT2D eigenvalue weighted by molar-refractivity contribution is 7.28. The van der Waals surface area contributed by atoms with Crippen molar-refractivity contribution in [2.24, 2.45) is 0 Å². The fourth-order valence-corrected chi connectivity index (χ4v) is 25.8. The zero-order valence-electron chi connectivity index (χ0n) is 76.1. The Balaban J connectivity index is 0.000000104. The fourth-order valence-electron chi connectivity index (χ4n) is 21.7. The zero-order valence-corrected chi connectivity index (χ0v) is 78.5. The van der Waals surface area contributed by atoms with Crippen molar-refractivity contribution >= 4 is 193 Å². The summed E-state index contributed by atoms with van der Waals surface area (Å²) in [5.74, 6) is 0. The van der Waals surface area contributed by atoms with Gasteiger partial charge in [-0.2, -0.15) is 0 Å². The lowest BCUT2D eigenvalue weighted by Gasteiger charge is -2.09. The number of furan rings is 3. The first-order valence-electron chi connectivity index (χ1n) is 47.8.